The highest BCUT2D eigenvalue weighted by molar-refractivity contribution is 5.96. The smallest absolute Gasteiger partial charge is 0.410 e. The van der Waals surface area contributed by atoms with Gasteiger partial charge in [-0.1, -0.05) is 63.3 Å². The van der Waals surface area contributed by atoms with Crippen LogP contribution in [0.1, 0.15) is 101 Å². The monoisotopic (exact) mass is 401 g/mol. The van der Waals surface area contributed by atoms with E-state index in [-0.39, 0.29) is 17.9 Å². The van der Waals surface area contributed by atoms with Crippen LogP contribution in [-0.4, -0.2) is 35.0 Å². The standard InChI is InChI=1S/C25H39NO3/c1-5-6-7-8-9-10-12-20-14-16-21(17-15-20)23(27)19-22-13-11-18-26(22)24(28)29-25(2,3)4/h14-17,22H,5-13,18-19H2,1-4H3/t22-/m0/s1. The second-order valence-corrected chi connectivity index (χ2v) is 9.31. The molecule has 4 heteroatoms. The van der Waals surface area contributed by atoms with E-state index < -0.39 is 5.60 Å². The van der Waals surface area contributed by atoms with Crippen molar-refractivity contribution in [2.75, 3.05) is 6.54 Å². The number of amides is 1. The summed E-state index contributed by atoms with van der Waals surface area (Å²) in [6.45, 7) is 8.52. The van der Waals surface area contributed by atoms with E-state index in [0.717, 1.165) is 24.8 Å². The van der Waals surface area contributed by atoms with E-state index in [4.69, 9.17) is 4.74 Å². The minimum atomic E-state index is -0.514. The van der Waals surface area contributed by atoms with Crippen molar-refractivity contribution < 1.29 is 14.3 Å². The summed E-state index contributed by atoms with van der Waals surface area (Å²) in [5.74, 6) is 0.108. The third kappa shape index (κ3) is 8.20. The lowest BCUT2D eigenvalue weighted by Gasteiger charge is -2.28. The number of benzene rings is 1. The Morgan fingerprint density at radius 1 is 1.03 bits per heavy atom. The summed E-state index contributed by atoms with van der Waals surface area (Å²) in [7, 11) is 0. The molecule has 0 saturated carbocycles. The highest BCUT2D eigenvalue weighted by Gasteiger charge is 2.33. The molecule has 1 aliphatic rings. The quantitative estimate of drug-likeness (QED) is 0.329. The molecular formula is C25H39NO3. The Hall–Kier alpha value is -1.84. The number of hydrogen-bond acceptors (Lipinski definition) is 3. The summed E-state index contributed by atoms with van der Waals surface area (Å²) in [5, 5.41) is 0. The van der Waals surface area contributed by atoms with Crippen molar-refractivity contribution in [2.45, 2.75) is 104 Å². The Labute approximate surface area is 177 Å². The van der Waals surface area contributed by atoms with Gasteiger partial charge in [0.2, 0.25) is 0 Å². The number of carbonyl (C=O) groups is 2. The Bertz CT molecular complexity index is 645. The fourth-order valence-corrected chi connectivity index (χ4v) is 3.91. The third-order valence-electron chi connectivity index (χ3n) is 5.52. The lowest BCUT2D eigenvalue weighted by molar-refractivity contribution is 0.0223. The van der Waals surface area contributed by atoms with E-state index in [1.165, 1.54) is 44.1 Å². The van der Waals surface area contributed by atoms with Crippen LogP contribution < -0.4 is 0 Å². The number of carbonyl (C=O) groups excluding carboxylic acids is 2. The topological polar surface area (TPSA) is 46.6 Å². The summed E-state index contributed by atoms with van der Waals surface area (Å²) >= 11 is 0. The molecule has 1 fully saturated rings. The molecule has 1 aliphatic heterocycles. The van der Waals surface area contributed by atoms with E-state index >= 15 is 0 Å². The summed E-state index contributed by atoms with van der Waals surface area (Å²) in [5.41, 5.74) is 1.53. The van der Waals surface area contributed by atoms with Gasteiger partial charge in [-0.3, -0.25) is 4.79 Å². The summed E-state index contributed by atoms with van der Waals surface area (Å²) < 4.78 is 5.50. The second-order valence-electron chi connectivity index (χ2n) is 9.31. The number of nitrogens with zero attached hydrogens (tertiary/aromatic N) is 1. The zero-order chi connectivity index (χ0) is 21.3. The van der Waals surface area contributed by atoms with Gasteiger partial charge in [0, 0.05) is 24.6 Å². The Balaban J connectivity index is 1.81. The van der Waals surface area contributed by atoms with Gasteiger partial charge in [-0.25, -0.2) is 4.79 Å². The molecule has 1 aromatic rings. The van der Waals surface area contributed by atoms with Gasteiger partial charge in [0.25, 0.3) is 0 Å². The van der Waals surface area contributed by atoms with Crippen molar-refractivity contribution in [2.24, 2.45) is 0 Å². The zero-order valence-corrected chi connectivity index (χ0v) is 18.8. The summed E-state index contributed by atoms with van der Waals surface area (Å²) in [6.07, 6.45) is 10.7. The van der Waals surface area contributed by atoms with Gasteiger partial charge in [-0.05, 0) is 52.0 Å². The Morgan fingerprint density at radius 2 is 1.69 bits per heavy atom. The van der Waals surface area contributed by atoms with Crippen molar-refractivity contribution in [3.63, 3.8) is 0 Å². The largest absolute Gasteiger partial charge is 0.444 e. The van der Waals surface area contributed by atoms with Crippen LogP contribution in [0.2, 0.25) is 0 Å². The first-order valence-corrected chi connectivity index (χ1v) is 11.4. The first-order chi connectivity index (χ1) is 13.8. The lowest BCUT2D eigenvalue weighted by atomic mass is 9.99. The highest BCUT2D eigenvalue weighted by Crippen LogP contribution is 2.24. The van der Waals surface area contributed by atoms with E-state index in [1.807, 2.05) is 32.9 Å². The van der Waals surface area contributed by atoms with Gasteiger partial charge in [0.15, 0.2) is 5.78 Å². The van der Waals surface area contributed by atoms with Crippen LogP contribution in [0.4, 0.5) is 4.79 Å². The first kappa shape index (κ1) is 23.4. The van der Waals surface area contributed by atoms with E-state index in [9.17, 15) is 9.59 Å². The molecule has 0 spiro atoms. The van der Waals surface area contributed by atoms with Crippen LogP contribution >= 0.6 is 0 Å². The van der Waals surface area contributed by atoms with Crippen LogP contribution in [-0.2, 0) is 11.2 Å². The highest BCUT2D eigenvalue weighted by atomic mass is 16.6. The number of hydrogen-bond donors (Lipinski definition) is 0. The molecule has 0 aliphatic carbocycles. The van der Waals surface area contributed by atoms with Gasteiger partial charge >= 0.3 is 6.09 Å². The molecule has 0 radical (unpaired) electrons. The Morgan fingerprint density at radius 3 is 2.34 bits per heavy atom. The molecule has 0 bridgehead atoms. The van der Waals surface area contributed by atoms with Crippen molar-refractivity contribution in [3.05, 3.63) is 35.4 Å². The maximum atomic E-state index is 12.7. The molecule has 1 saturated heterocycles. The Kier molecular flexibility index (Phi) is 9.19. The number of Topliss-reactive ketones (excluding diaryl/α,β-unsaturated/α-hetero) is 1. The number of aryl methyl sites for hydroxylation is 1. The molecule has 0 aromatic heterocycles. The van der Waals surface area contributed by atoms with Gasteiger partial charge < -0.3 is 9.64 Å². The van der Waals surface area contributed by atoms with Crippen LogP contribution in [0.5, 0.6) is 0 Å². The fraction of sp³-hybridized carbons (Fsp3) is 0.680. The van der Waals surface area contributed by atoms with Crippen LogP contribution in [0.3, 0.4) is 0 Å². The molecule has 162 valence electrons. The van der Waals surface area contributed by atoms with Crippen molar-refractivity contribution >= 4 is 11.9 Å². The minimum absolute atomic E-state index is 0.0554. The molecule has 0 N–H and O–H groups in total. The predicted octanol–water partition coefficient (Wildman–Crippen LogP) is 6.56. The molecule has 29 heavy (non-hydrogen) atoms. The average Bonchev–Trinajstić information content (AvgIpc) is 3.12. The van der Waals surface area contributed by atoms with Gasteiger partial charge in [0.1, 0.15) is 5.60 Å². The molecule has 1 heterocycles. The maximum absolute atomic E-state index is 12.7. The van der Waals surface area contributed by atoms with Crippen LogP contribution in [0, 0.1) is 0 Å². The summed E-state index contributed by atoms with van der Waals surface area (Å²) in [6, 6.07) is 8.00. The SMILES string of the molecule is CCCCCCCCc1ccc(C(=O)C[C@@H]2CCCN2C(=O)OC(C)(C)C)cc1. The number of ketones is 1. The zero-order valence-electron chi connectivity index (χ0n) is 18.8. The van der Waals surface area contributed by atoms with Crippen LogP contribution in [0.25, 0.3) is 0 Å². The average molecular weight is 402 g/mol. The van der Waals surface area contributed by atoms with E-state index in [2.05, 4.69) is 19.1 Å². The number of unbranched alkanes of at least 4 members (excludes halogenated alkanes) is 5. The third-order valence-corrected chi connectivity index (χ3v) is 5.52. The fourth-order valence-electron chi connectivity index (χ4n) is 3.91. The lowest BCUT2D eigenvalue weighted by Crippen LogP contribution is -2.40. The van der Waals surface area contributed by atoms with Crippen molar-refractivity contribution in [3.8, 4) is 0 Å². The molecule has 1 aromatic carbocycles. The van der Waals surface area contributed by atoms with Crippen molar-refractivity contribution in [1.29, 1.82) is 0 Å². The van der Waals surface area contributed by atoms with Gasteiger partial charge in [-0.2, -0.15) is 0 Å². The molecule has 1 amide bonds. The van der Waals surface area contributed by atoms with E-state index in [1.54, 1.807) is 4.90 Å². The van der Waals surface area contributed by atoms with Crippen molar-refractivity contribution in [1.82, 2.24) is 4.90 Å². The molecule has 1 atom stereocenters. The maximum Gasteiger partial charge on any atom is 0.410 e. The molecular weight excluding hydrogens is 362 g/mol. The molecule has 2 rings (SSSR count). The van der Waals surface area contributed by atoms with Gasteiger partial charge in [-0.15, -0.1) is 0 Å². The van der Waals surface area contributed by atoms with E-state index in [0.29, 0.717) is 13.0 Å². The molecule has 0 unspecified atom stereocenters. The second kappa shape index (κ2) is 11.4. The number of ether oxygens (including phenoxy) is 1. The first-order valence-electron chi connectivity index (χ1n) is 11.4. The normalized spacial score (nSPS) is 16.8. The predicted molar refractivity (Wildman–Crippen MR) is 118 cm³/mol. The van der Waals surface area contributed by atoms with Gasteiger partial charge in [0.05, 0.1) is 0 Å². The number of rotatable bonds is 10. The number of likely N-dealkylation sites (tertiary alicyclic amines) is 1. The summed E-state index contributed by atoms with van der Waals surface area (Å²) in [4.78, 5) is 26.9. The molecule has 4 nitrogen and oxygen atoms in total. The minimum Gasteiger partial charge on any atom is -0.444 e. The van der Waals surface area contributed by atoms with Crippen LogP contribution in [0.15, 0.2) is 24.3 Å².